The van der Waals surface area contributed by atoms with Crippen molar-refractivity contribution in [3.63, 3.8) is 0 Å². The molecule has 2 heteroatoms. The van der Waals surface area contributed by atoms with Crippen LogP contribution < -0.4 is 0 Å². The lowest BCUT2D eigenvalue weighted by Gasteiger charge is -2.28. The Bertz CT molecular complexity index is 3190. The van der Waals surface area contributed by atoms with Gasteiger partial charge in [0.2, 0.25) is 0 Å². The van der Waals surface area contributed by atoms with Crippen LogP contribution in [0.4, 0.5) is 0 Å². The van der Waals surface area contributed by atoms with Crippen molar-refractivity contribution < 1.29 is 0 Å². The predicted molar refractivity (Wildman–Crippen MR) is 250 cm³/mol. The summed E-state index contributed by atoms with van der Waals surface area (Å²) in [6, 6.07) is 80.7. The molecule has 10 aromatic rings. The average Bonchev–Trinajstić information content (AvgIpc) is 3.59. The van der Waals surface area contributed by atoms with Gasteiger partial charge in [-0.15, -0.1) is 0 Å². The minimum Gasteiger partial charge on any atom is -0.228 e. The van der Waals surface area contributed by atoms with Gasteiger partial charge in [-0.05, 0) is 97.1 Å². The molecule has 0 bridgehead atoms. The number of benzene rings is 9. The van der Waals surface area contributed by atoms with E-state index >= 15 is 0 Å². The largest absolute Gasteiger partial charge is 0.228 e. The molecule has 60 heavy (non-hydrogen) atoms. The van der Waals surface area contributed by atoms with Crippen LogP contribution in [0.2, 0.25) is 0 Å². The molecule has 1 aliphatic carbocycles. The Morgan fingerprint density at radius 3 is 1.55 bits per heavy atom. The van der Waals surface area contributed by atoms with E-state index in [-0.39, 0.29) is 5.41 Å². The third kappa shape index (κ3) is 6.04. The van der Waals surface area contributed by atoms with E-state index < -0.39 is 0 Å². The quantitative estimate of drug-likeness (QED) is 0.162. The highest BCUT2D eigenvalue weighted by atomic mass is 14.9. The van der Waals surface area contributed by atoms with Gasteiger partial charge in [-0.2, -0.15) is 0 Å². The molecule has 0 aliphatic heterocycles. The van der Waals surface area contributed by atoms with Crippen LogP contribution in [0.5, 0.6) is 0 Å². The molecule has 0 amide bonds. The molecule has 9 aromatic carbocycles. The zero-order valence-electron chi connectivity index (χ0n) is 33.3. The SMILES string of the molecule is CC1(c2ccccc2)c2ccccc2-c2ccc(-c3ccc(-c4cc(-c5cccc(-c6ccc(-c7ccccc7)cc6)c5)nc(-c5ccccc5)n4)c4ccccc34)cc21. The van der Waals surface area contributed by atoms with Crippen molar-refractivity contribution in [1.29, 1.82) is 0 Å². The lowest BCUT2D eigenvalue weighted by molar-refractivity contribution is 0.714. The minimum atomic E-state index is -0.271. The molecular formula is C58H40N2. The summed E-state index contributed by atoms with van der Waals surface area (Å²) in [5.74, 6) is 0.701. The van der Waals surface area contributed by atoms with Crippen molar-refractivity contribution in [3.05, 3.63) is 241 Å². The first kappa shape index (κ1) is 35.5. The van der Waals surface area contributed by atoms with E-state index in [4.69, 9.17) is 9.97 Å². The maximum Gasteiger partial charge on any atom is 0.160 e. The standard InChI is InChI=1S/C58H40N2/c1-58(46-22-9-4-10-23-46)53-27-14-13-26-50(53)51-33-32-44(37-54(51)58)47-34-35-52(49-25-12-11-24-48(47)49)56-38-55(59-57(60-56)42-18-7-3-8-19-42)45-21-15-20-43(36-45)41-30-28-40(29-31-41)39-16-5-2-6-17-39/h2-38H,1H3. The first-order chi connectivity index (χ1) is 29.6. The number of hydrogen-bond donors (Lipinski definition) is 0. The van der Waals surface area contributed by atoms with Crippen molar-refractivity contribution >= 4 is 10.8 Å². The normalized spacial score (nSPS) is 14.2. The highest BCUT2D eigenvalue weighted by Gasteiger charge is 2.40. The van der Waals surface area contributed by atoms with Gasteiger partial charge >= 0.3 is 0 Å². The molecule has 1 aliphatic rings. The molecule has 1 atom stereocenters. The van der Waals surface area contributed by atoms with Crippen LogP contribution in [-0.2, 0) is 5.41 Å². The van der Waals surface area contributed by atoms with E-state index in [1.54, 1.807) is 0 Å². The monoisotopic (exact) mass is 764 g/mol. The number of nitrogens with zero attached hydrogens (tertiary/aromatic N) is 2. The second-order valence-electron chi connectivity index (χ2n) is 15.9. The zero-order chi connectivity index (χ0) is 40.0. The van der Waals surface area contributed by atoms with Crippen LogP contribution in [0.25, 0.3) is 89.2 Å². The third-order valence-corrected chi connectivity index (χ3v) is 12.4. The Labute approximate surface area is 351 Å². The molecule has 0 radical (unpaired) electrons. The highest BCUT2D eigenvalue weighted by Crippen LogP contribution is 2.53. The topological polar surface area (TPSA) is 25.8 Å². The fourth-order valence-corrected chi connectivity index (χ4v) is 9.31. The van der Waals surface area contributed by atoms with E-state index in [0.717, 1.165) is 44.6 Å². The summed E-state index contributed by atoms with van der Waals surface area (Å²) < 4.78 is 0. The third-order valence-electron chi connectivity index (χ3n) is 12.4. The van der Waals surface area contributed by atoms with Crippen LogP contribution >= 0.6 is 0 Å². The molecule has 1 heterocycles. The van der Waals surface area contributed by atoms with E-state index in [0.29, 0.717) is 5.82 Å². The van der Waals surface area contributed by atoms with Crippen molar-refractivity contribution in [2.45, 2.75) is 12.3 Å². The predicted octanol–water partition coefficient (Wildman–Crippen LogP) is 15.0. The molecule has 1 unspecified atom stereocenters. The fourth-order valence-electron chi connectivity index (χ4n) is 9.31. The fraction of sp³-hybridized carbons (Fsp3) is 0.0345. The Morgan fingerprint density at radius 2 is 0.800 bits per heavy atom. The van der Waals surface area contributed by atoms with Crippen LogP contribution in [0.1, 0.15) is 23.6 Å². The average molecular weight is 765 g/mol. The van der Waals surface area contributed by atoms with E-state index in [1.807, 2.05) is 18.2 Å². The number of rotatable bonds is 7. The van der Waals surface area contributed by atoms with Gasteiger partial charge in [0.15, 0.2) is 5.82 Å². The molecule has 11 rings (SSSR count). The Morgan fingerprint density at radius 1 is 0.300 bits per heavy atom. The zero-order valence-corrected chi connectivity index (χ0v) is 33.3. The van der Waals surface area contributed by atoms with Gasteiger partial charge in [-0.3, -0.25) is 0 Å². The summed E-state index contributed by atoms with van der Waals surface area (Å²) in [5, 5.41) is 2.34. The Hall–Kier alpha value is -7.68. The number of hydrogen-bond acceptors (Lipinski definition) is 2. The van der Waals surface area contributed by atoms with E-state index in [2.05, 4.69) is 213 Å². The van der Waals surface area contributed by atoms with Gasteiger partial charge in [0.05, 0.1) is 11.4 Å². The second-order valence-corrected chi connectivity index (χ2v) is 15.9. The van der Waals surface area contributed by atoms with Crippen molar-refractivity contribution in [3.8, 4) is 78.4 Å². The molecule has 0 fully saturated rings. The lowest BCUT2D eigenvalue weighted by Crippen LogP contribution is -2.22. The van der Waals surface area contributed by atoms with Gasteiger partial charge < -0.3 is 0 Å². The lowest BCUT2D eigenvalue weighted by atomic mass is 9.74. The molecule has 0 N–H and O–H groups in total. The van der Waals surface area contributed by atoms with Crippen LogP contribution in [0.15, 0.2) is 224 Å². The summed E-state index contributed by atoms with van der Waals surface area (Å²) in [5.41, 5.74) is 18.3. The first-order valence-electron chi connectivity index (χ1n) is 20.6. The summed E-state index contributed by atoms with van der Waals surface area (Å²) in [6.45, 7) is 2.38. The molecule has 1 aromatic heterocycles. The molecule has 0 saturated carbocycles. The molecule has 2 nitrogen and oxygen atoms in total. The van der Waals surface area contributed by atoms with Crippen LogP contribution in [-0.4, -0.2) is 9.97 Å². The molecular weight excluding hydrogens is 725 g/mol. The summed E-state index contributed by atoms with van der Waals surface area (Å²) >= 11 is 0. The number of aromatic nitrogens is 2. The van der Waals surface area contributed by atoms with Gasteiger partial charge in [0.25, 0.3) is 0 Å². The first-order valence-corrected chi connectivity index (χ1v) is 20.6. The molecule has 0 spiro atoms. The molecule has 0 saturated heterocycles. The maximum absolute atomic E-state index is 5.28. The van der Waals surface area contributed by atoms with Crippen LogP contribution in [0, 0.1) is 0 Å². The summed E-state index contributed by atoms with van der Waals surface area (Å²) in [7, 11) is 0. The van der Waals surface area contributed by atoms with Gasteiger partial charge in [-0.25, -0.2) is 9.97 Å². The van der Waals surface area contributed by atoms with E-state index in [9.17, 15) is 0 Å². The Kier molecular flexibility index (Phi) is 8.64. The highest BCUT2D eigenvalue weighted by molar-refractivity contribution is 6.05. The van der Waals surface area contributed by atoms with E-state index in [1.165, 1.54) is 55.5 Å². The van der Waals surface area contributed by atoms with Crippen molar-refractivity contribution in [2.24, 2.45) is 0 Å². The maximum atomic E-state index is 5.28. The molecule has 282 valence electrons. The summed E-state index contributed by atoms with van der Waals surface area (Å²) in [4.78, 5) is 10.5. The second kappa shape index (κ2) is 14.6. The van der Waals surface area contributed by atoms with Crippen molar-refractivity contribution in [1.82, 2.24) is 9.97 Å². The van der Waals surface area contributed by atoms with Crippen molar-refractivity contribution in [2.75, 3.05) is 0 Å². The Balaban J connectivity index is 1.02. The van der Waals surface area contributed by atoms with Gasteiger partial charge in [0.1, 0.15) is 0 Å². The smallest absolute Gasteiger partial charge is 0.160 e. The summed E-state index contributed by atoms with van der Waals surface area (Å²) in [6.07, 6.45) is 0. The van der Waals surface area contributed by atoms with Crippen LogP contribution in [0.3, 0.4) is 0 Å². The minimum absolute atomic E-state index is 0.271. The van der Waals surface area contributed by atoms with Gasteiger partial charge in [-0.1, -0.05) is 206 Å². The number of fused-ring (bicyclic) bond motifs is 4. The van der Waals surface area contributed by atoms with Gasteiger partial charge in [0, 0.05) is 22.1 Å².